The van der Waals surface area contributed by atoms with Gasteiger partial charge in [-0.25, -0.2) is 0 Å². The number of imidazole rings is 1. The number of nitrogens with zero attached hydrogens (tertiary/aromatic N) is 3. The molecule has 1 aliphatic heterocycles. The highest BCUT2D eigenvalue weighted by Gasteiger charge is 2.51. The van der Waals surface area contributed by atoms with Crippen LogP contribution in [0.15, 0.2) is 10.9 Å². The van der Waals surface area contributed by atoms with Crippen molar-refractivity contribution in [1.29, 1.82) is 0 Å². The summed E-state index contributed by atoms with van der Waals surface area (Å²) in [6.07, 6.45) is -3.24. The summed E-state index contributed by atoms with van der Waals surface area (Å²) in [6.45, 7) is 3.20. The number of rotatable bonds is 6. The molecule has 12 nitrogen and oxygen atoms in total. The van der Waals surface area contributed by atoms with E-state index in [4.69, 9.17) is 18.9 Å². The molecule has 27 heavy (non-hydrogen) atoms. The van der Waals surface area contributed by atoms with Crippen LogP contribution in [0.4, 0.5) is 5.82 Å². The second-order valence-electron chi connectivity index (χ2n) is 5.54. The van der Waals surface area contributed by atoms with Crippen LogP contribution in [0.25, 0.3) is 0 Å². The molecular weight excluding hydrogens is 434 g/mol. The van der Waals surface area contributed by atoms with E-state index in [-0.39, 0.29) is 11.2 Å². The number of halogens is 1. The maximum absolute atomic E-state index is 11.5. The monoisotopic (exact) mass is 449 g/mol. The standard InChI is InChI=1S/C14H16BrN3O9/c1-6(19)24-4-9-10(25-7(2)20)11(26-8(3)21)14(27-9)17-5-16-13(12(17)15)18(22)23/h5,9-11,14H,4H2,1-3H3/t9-,10+,11-,14+/m0/s1. The van der Waals surface area contributed by atoms with Crippen molar-refractivity contribution < 1.29 is 38.3 Å². The van der Waals surface area contributed by atoms with Crippen LogP contribution in [-0.4, -0.2) is 57.3 Å². The Labute approximate surface area is 161 Å². The summed E-state index contributed by atoms with van der Waals surface area (Å²) in [6, 6.07) is 0. The second-order valence-corrected chi connectivity index (χ2v) is 6.29. The third-order valence-corrected chi connectivity index (χ3v) is 4.27. The van der Waals surface area contributed by atoms with Crippen LogP contribution >= 0.6 is 15.9 Å². The van der Waals surface area contributed by atoms with Crippen molar-refractivity contribution in [3.63, 3.8) is 0 Å². The Bertz CT molecular complexity index is 765. The van der Waals surface area contributed by atoms with E-state index in [0.717, 1.165) is 20.2 Å². The number of aromatic nitrogens is 2. The van der Waals surface area contributed by atoms with Gasteiger partial charge < -0.3 is 29.1 Å². The summed E-state index contributed by atoms with van der Waals surface area (Å²) in [5, 5.41) is 11.0. The second kappa shape index (κ2) is 8.43. The quantitative estimate of drug-likeness (QED) is 0.265. The van der Waals surface area contributed by atoms with Crippen LogP contribution < -0.4 is 0 Å². The Hall–Kier alpha value is -2.54. The van der Waals surface area contributed by atoms with Crippen molar-refractivity contribution in [2.24, 2.45) is 0 Å². The van der Waals surface area contributed by atoms with Gasteiger partial charge in [-0.1, -0.05) is 0 Å². The highest BCUT2D eigenvalue weighted by molar-refractivity contribution is 9.10. The van der Waals surface area contributed by atoms with Crippen molar-refractivity contribution in [2.45, 2.75) is 45.3 Å². The first-order chi connectivity index (χ1) is 12.6. The van der Waals surface area contributed by atoms with Gasteiger partial charge in [0.15, 0.2) is 23.0 Å². The molecule has 4 atom stereocenters. The lowest BCUT2D eigenvalue weighted by molar-refractivity contribution is -0.390. The first kappa shape index (κ1) is 20.8. The smallest absolute Gasteiger partial charge is 0.396 e. The van der Waals surface area contributed by atoms with Crippen LogP contribution in [0.3, 0.4) is 0 Å². The molecule has 13 heteroatoms. The lowest BCUT2D eigenvalue weighted by Gasteiger charge is -2.23. The molecule has 1 aliphatic rings. The van der Waals surface area contributed by atoms with Crippen LogP contribution in [0.2, 0.25) is 0 Å². The van der Waals surface area contributed by atoms with Gasteiger partial charge in [0.25, 0.3) is 0 Å². The van der Waals surface area contributed by atoms with E-state index in [2.05, 4.69) is 20.9 Å². The SMILES string of the molecule is CC(=O)OC[C@@H]1O[C@@H](n2cnc([N+](=O)[O-])c2Br)[C@@H](OC(C)=O)[C@@H]1OC(C)=O. The van der Waals surface area contributed by atoms with Crippen molar-refractivity contribution in [3.8, 4) is 0 Å². The Morgan fingerprint density at radius 2 is 1.81 bits per heavy atom. The zero-order valence-corrected chi connectivity index (χ0v) is 16.1. The van der Waals surface area contributed by atoms with E-state index in [1.165, 1.54) is 11.5 Å². The van der Waals surface area contributed by atoms with Gasteiger partial charge in [0, 0.05) is 20.8 Å². The normalized spacial score (nSPS) is 24.3. The zero-order chi connectivity index (χ0) is 20.3. The van der Waals surface area contributed by atoms with E-state index >= 15 is 0 Å². The van der Waals surface area contributed by atoms with Crippen LogP contribution in [0.1, 0.15) is 27.0 Å². The van der Waals surface area contributed by atoms with E-state index in [1.54, 1.807) is 0 Å². The fraction of sp³-hybridized carbons (Fsp3) is 0.571. The predicted molar refractivity (Wildman–Crippen MR) is 88.2 cm³/mol. The van der Waals surface area contributed by atoms with Gasteiger partial charge in [-0.15, -0.1) is 0 Å². The van der Waals surface area contributed by atoms with Gasteiger partial charge in [-0.2, -0.15) is 0 Å². The predicted octanol–water partition coefficient (Wildman–Crippen LogP) is 0.878. The lowest BCUT2D eigenvalue weighted by Crippen LogP contribution is -2.40. The molecule has 2 heterocycles. The third kappa shape index (κ3) is 4.80. The highest BCUT2D eigenvalue weighted by atomic mass is 79.9. The Kier molecular flexibility index (Phi) is 6.49. The molecule has 0 amide bonds. The van der Waals surface area contributed by atoms with Gasteiger partial charge in [-0.05, 0) is 25.8 Å². The number of hydrogen-bond acceptors (Lipinski definition) is 10. The van der Waals surface area contributed by atoms with Crippen LogP contribution in [0.5, 0.6) is 0 Å². The van der Waals surface area contributed by atoms with Crippen molar-refractivity contribution in [2.75, 3.05) is 6.61 Å². The Morgan fingerprint density at radius 1 is 1.22 bits per heavy atom. The molecule has 1 aromatic heterocycles. The summed E-state index contributed by atoms with van der Waals surface area (Å²) in [7, 11) is 0. The Balaban J connectivity index is 2.41. The van der Waals surface area contributed by atoms with Gasteiger partial charge >= 0.3 is 23.7 Å². The summed E-state index contributed by atoms with van der Waals surface area (Å²) < 4.78 is 22.3. The summed E-state index contributed by atoms with van der Waals surface area (Å²) in [4.78, 5) is 48.1. The number of esters is 3. The van der Waals surface area contributed by atoms with Crippen LogP contribution in [0, 0.1) is 10.1 Å². The molecule has 0 N–H and O–H groups in total. The molecule has 148 valence electrons. The minimum absolute atomic E-state index is 0.0376. The van der Waals surface area contributed by atoms with Crippen molar-refractivity contribution >= 4 is 39.7 Å². The number of carbonyl (C=O) groups excluding carboxylic acids is 3. The average Bonchev–Trinajstić information content (AvgIpc) is 3.06. The lowest BCUT2D eigenvalue weighted by atomic mass is 10.1. The largest absolute Gasteiger partial charge is 0.463 e. The molecule has 0 bridgehead atoms. The van der Waals surface area contributed by atoms with E-state index in [9.17, 15) is 24.5 Å². The molecule has 1 aromatic rings. The molecule has 0 spiro atoms. The highest BCUT2D eigenvalue weighted by Crippen LogP contribution is 2.38. The minimum Gasteiger partial charge on any atom is -0.463 e. The Morgan fingerprint density at radius 3 is 2.30 bits per heavy atom. The number of hydrogen-bond donors (Lipinski definition) is 0. The number of nitro groups is 1. The topological polar surface area (TPSA) is 149 Å². The number of carbonyl (C=O) groups is 3. The average molecular weight is 450 g/mol. The van der Waals surface area contributed by atoms with Gasteiger partial charge in [0.1, 0.15) is 12.7 Å². The first-order valence-electron chi connectivity index (χ1n) is 7.61. The van der Waals surface area contributed by atoms with Gasteiger partial charge in [0.2, 0.25) is 6.33 Å². The van der Waals surface area contributed by atoms with E-state index in [1.807, 2.05) is 0 Å². The molecule has 2 rings (SSSR count). The maximum Gasteiger partial charge on any atom is 0.396 e. The summed E-state index contributed by atoms with van der Waals surface area (Å²) in [5.74, 6) is -2.44. The zero-order valence-electron chi connectivity index (χ0n) is 14.5. The van der Waals surface area contributed by atoms with Crippen molar-refractivity contribution in [3.05, 3.63) is 21.0 Å². The maximum atomic E-state index is 11.5. The van der Waals surface area contributed by atoms with Crippen LogP contribution in [-0.2, 0) is 33.3 Å². The fourth-order valence-electron chi connectivity index (χ4n) is 2.55. The minimum atomic E-state index is -1.16. The molecule has 1 fully saturated rings. The summed E-state index contributed by atoms with van der Waals surface area (Å²) in [5.41, 5.74) is 0. The first-order valence-corrected chi connectivity index (χ1v) is 8.41. The van der Waals surface area contributed by atoms with Gasteiger partial charge in [0.05, 0.1) is 0 Å². The molecule has 1 saturated heterocycles. The molecule has 0 saturated carbocycles. The molecular formula is C14H16BrN3O9. The molecule has 0 radical (unpaired) electrons. The fourth-order valence-corrected chi connectivity index (χ4v) is 3.09. The molecule has 0 aromatic carbocycles. The third-order valence-electron chi connectivity index (χ3n) is 3.50. The van der Waals surface area contributed by atoms with E-state index in [0.29, 0.717) is 0 Å². The van der Waals surface area contributed by atoms with E-state index < -0.39 is 53.2 Å². The number of ether oxygens (including phenoxy) is 4. The van der Waals surface area contributed by atoms with Crippen molar-refractivity contribution in [1.82, 2.24) is 9.55 Å². The summed E-state index contributed by atoms with van der Waals surface area (Å²) >= 11 is 3.05. The van der Waals surface area contributed by atoms with Gasteiger partial charge in [-0.3, -0.25) is 19.0 Å². The molecule has 0 aliphatic carbocycles. The molecule has 0 unspecified atom stereocenters.